The second kappa shape index (κ2) is 5.57. The van der Waals surface area contributed by atoms with Gasteiger partial charge in [0.1, 0.15) is 16.9 Å². The molecule has 0 aliphatic heterocycles. The van der Waals surface area contributed by atoms with E-state index in [-0.39, 0.29) is 12.5 Å². The molecule has 22 heavy (non-hydrogen) atoms. The van der Waals surface area contributed by atoms with E-state index in [1.54, 1.807) is 13.8 Å². The molecule has 1 heterocycles. The van der Waals surface area contributed by atoms with Gasteiger partial charge >= 0.3 is 0 Å². The predicted octanol–water partition coefficient (Wildman–Crippen LogP) is 2.25. The summed E-state index contributed by atoms with van der Waals surface area (Å²) in [6.07, 6.45) is 2.52. The van der Waals surface area contributed by atoms with Crippen LogP contribution in [0.25, 0.3) is 0 Å². The van der Waals surface area contributed by atoms with Crippen molar-refractivity contribution in [3.63, 3.8) is 0 Å². The highest BCUT2D eigenvalue weighted by atomic mass is 16.5. The highest BCUT2D eigenvalue weighted by molar-refractivity contribution is 5.96. The normalized spacial score (nSPS) is 20.5. The molecule has 1 amide bonds. The van der Waals surface area contributed by atoms with Crippen LogP contribution < -0.4 is 5.32 Å². The number of nitrogens with one attached hydrogen (secondary N) is 1. The Morgan fingerprint density at radius 3 is 2.91 bits per heavy atom. The minimum absolute atomic E-state index is 0.187. The number of hydrogen-bond donors (Lipinski definition) is 2. The molecule has 3 rings (SSSR count). The lowest BCUT2D eigenvalue weighted by atomic mass is 9.79. The molecule has 0 saturated carbocycles. The lowest BCUT2D eigenvalue weighted by Crippen LogP contribution is -2.43. The molecule has 1 aromatic carbocycles. The molecule has 1 atom stereocenters. The summed E-state index contributed by atoms with van der Waals surface area (Å²) in [5, 5.41) is 17.6. The van der Waals surface area contributed by atoms with Gasteiger partial charge in [0.15, 0.2) is 0 Å². The number of nitrogens with zero attached hydrogens (tertiary/aromatic N) is 1. The van der Waals surface area contributed by atoms with Gasteiger partial charge in [-0.2, -0.15) is 0 Å². The number of amides is 1. The van der Waals surface area contributed by atoms with Crippen LogP contribution in [0.4, 0.5) is 0 Å². The third-order valence-corrected chi connectivity index (χ3v) is 4.36. The van der Waals surface area contributed by atoms with E-state index >= 15 is 0 Å². The zero-order valence-electron chi connectivity index (χ0n) is 12.8. The number of carbonyl (C=O) groups is 1. The van der Waals surface area contributed by atoms with Crippen molar-refractivity contribution in [2.45, 2.75) is 38.7 Å². The molecule has 0 unspecified atom stereocenters. The molecule has 5 heteroatoms. The highest BCUT2D eigenvalue weighted by Crippen LogP contribution is 2.34. The molecule has 1 aliphatic carbocycles. The summed E-state index contributed by atoms with van der Waals surface area (Å²) < 4.78 is 5.02. The highest BCUT2D eigenvalue weighted by Gasteiger charge is 2.34. The smallest absolute Gasteiger partial charge is 0.256 e. The summed E-state index contributed by atoms with van der Waals surface area (Å²) in [6.45, 7) is 3.63. The van der Waals surface area contributed by atoms with Gasteiger partial charge in [-0.25, -0.2) is 0 Å². The van der Waals surface area contributed by atoms with Crippen molar-refractivity contribution in [2.24, 2.45) is 0 Å². The first-order valence-corrected chi connectivity index (χ1v) is 7.53. The van der Waals surface area contributed by atoms with Gasteiger partial charge in [-0.1, -0.05) is 29.4 Å². The molecule has 1 aliphatic rings. The molecular formula is C17H20N2O3. The van der Waals surface area contributed by atoms with Gasteiger partial charge in [-0.15, -0.1) is 0 Å². The summed E-state index contributed by atoms with van der Waals surface area (Å²) in [7, 11) is 0. The van der Waals surface area contributed by atoms with E-state index in [1.165, 1.54) is 0 Å². The van der Waals surface area contributed by atoms with Gasteiger partial charge in [-0.05, 0) is 44.2 Å². The number of carbonyl (C=O) groups excluding carboxylic acids is 1. The third-order valence-electron chi connectivity index (χ3n) is 4.36. The molecule has 0 bridgehead atoms. The van der Waals surface area contributed by atoms with Crippen LogP contribution in [-0.2, 0) is 12.0 Å². The van der Waals surface area contributed by atoms with Crippen molar-refractivity contribution in [3.8, 4) is 0 Å². The second-order valence-electron chi connectivity index (χ2n) is 5.92. The van der Waals surface area contributed by atoms with Gasteiger partial charge in [-0.3, -0.25) is 4.79 Å². The fourth-order valence-corrected chi connectivity index (χ4v) is 3.20. The molecule has 0 radical (unpaired) electrons. The van der Waals surface area contributed by atoms with E-state index in [9.17, 15) is 9.90 Å². The molecule has 2 N–H and O–H groups in total. The number of fused-ring (bicyclic) bond motifs is 1. The van der Waals surface area contributed by atoms with Crippen LogP contribution in [0.1, 0.15) is 45.8 Å². The third kappa shape index (κ3) is 2.52. The van der Waals surface area contributed by atoms with Crippen LogP contribution in [0.5, 0.6) is 0 Å². The van der Waals surface area contributed by atoms with E-state index < -0.39 is 5.60 Å². The monoisotopic (exact) mass is 300 g/mol. The summed E-state index contributed by atoms with van der Waals surface area (Å²) in [4.78, 5) is 12.3. The average molecular weight is 300 g/mol. The first-order valence-electron chi connectivity index (χ1n) is 7.53. The van der Waals surface area contributed by atoms with Crippen LogP contribution in [-0.4, -0.2) is 22.7 Å². The maximum absolute atomic E-state index is 12.3. The largest absolute Gasteiger partial charge is 0.383 e. The van der Waals surface area contributed by atoms with Crippen LogP contribution in [0.3, 0.4) is 0 Å². The van der Waals surface area contributed by atoms with E-state index in [2.05, 4.69) is 10.5 Å². The Morgan fingerprint density at radius 2 is 2.18 bits per heavy atom. The maximum atomic E-state index is 12.3. The standard InChI is InChI=1S/C17H20N2O3/c1-11-15(12(2)22-19-11)16(20)18-10-17(21)9-5-7-13-6-3-4-8-14(13)17/h3-4,6,8,21H,5,7,9-10H2,1-2H3,(H,18,20)/t17-/m0/s1. The Labute approximate surface area is 129 Å². The lowest BCUT2D eigenvalue weighted by Gasteiger charge is -2.34. The zero-order chi connectivity index (χ0) is 15.7. The Morgan fingerprint density at radius 1 is 1.41 bits per heavy atom. The molecular weight excluding hydrogens is 280 g/mol. The Bertz CT molecular complexity index is 688. The number of benzene rings is 1. The Kier molecular flexibility index (Phi) is 3.74. The molecule has 5 nitrogen and oxygen atoms in total. The summed E-state index contributed by atoms with van der Waals surface area (Å²) in [5.41, 5.74) is 2.07. The molecule has 0 spiro atoms. The number of rotatable bonds is 3. The number of hydrogen-bond acceptors (Lipinski definition) is 4. The van der Waals surface area contributed by atoms with E-state index in [0.717, 1.165) is 24.0 Å². The Balaban J connectivity index is 1.78. The van der Waals surface area contributed by atoms with Crippen LogP contribution in [0.2, 0.25) is 0 Å². The van der Waals surface area contributed by atoms with Gasteiger partial charge in [0.05, 0.1) is 12.2 Å². The first kappa shape index (κ1) is 14.8. The quantitative estimate of drug-likeness (QED) is 0.911. The van der Waals surface area contributed by atoms with Crippen LogP contribution in [0.15, 0.2) is 28.8 Å². The number of aryl methyl sites for hydroxylation is 3. The predicted molar refractivity (Wildman–Crippen MR) is 81.6 cm³/mol. The molecule has 116 valence electrons. The van der Waals surface area contributed by atoms with Crippen LogP contribution in [0, 0.1) is 13.8 Å². The lowest BCUT2D eigenvalue weighted by molar-refractivity contribution is 0.0189. The minimum Gasteiger partial charge on any atom is -0.383 e. The molecule has 2 aromatic rings. The van der Waals surface area contributed by atoms with Crippen molar-refractivity contribution in [2.75, 3.05) is 6.54 Å². The van der Waals surface area contributed by atoms with Crippen molar-refractivity contribution in [1.82, 2.24) is 10.5 Å². The average Bonchev–Trinajstić information content (AvgIpc) is 2.85. The van der Waals surface area contributed by atoms with Gasteiger partial charge in [0, 0.05) is 0 Å². The van der Waals surface area contributed by atoms with Crippen molar-refractivity contribution < 1.29 is 14.4 Å². The minimum atomic E-state index is -1.01. The van der Waals surface area contributed by atoms with E-state index in [0.29, 0.717) is 23.4 Å². The number of aliphatic hydroxyl groups is 1. The van der Waals surface area contributed by atoms with Crippen LogP contribution >= 0.6 is 0 Å². The zero-order valence-corrected chi connectivity index (χ0v) is 12.8. The molecule has 0 fully saturated rings. The second-order valence-corrected chi connectivity index (χ2v) is 5.92. The maximum Gasteiger partial charge on any atom is 0.256 e. The fraction of sp³-hybridized carbons (Fsp3) is 0.412. The Hall–Kier alpha value is -2.14. The van der Waals surface area contributed by atoms with Crippen molar-refractivity contribution in [1.29, 1.82) is 0 Å². The van der Waals surface area contributed by atoms with E-state index in [1.807, 2.05) is 24.3 Å². The summed E-state index contributed by atoms with van der Waals surface area (Å²) in [6, 6.07) is 7.88. The molecule has 1 aromatic heterocycles. The van der Waals surface area contributed by atoms with Crippen molar-refractivity contribution in [3.05, 3.63) is 52.4 Å². The fourth-order valence-electron chi connectivity index (χ4n) is 3.20. The molecule has 0 saturated heterocycles. The van der Waals surface area contributed by atoms with Gasteiger partial charge in [0.2, 0.25) is 0 Å². The first-order chi connectivity index (χ1) is 10.5. The number of aromatic nitrogens is 1. The topological polar surface area (TPSA) is 75.4 Å². The van der Waals surface area contributed by atoms with Gasteiger partial charge < -0.3 is 14.9 Å². The SMILES string of the molecule is Cc1noc(C)c1C(=O)NC[C@@]1(O)CCCc2ccccc21. The summed E-state index contributed by atoms with van der Waals surface area (Å²) in [5.74, 6) is 0.235. The van der Waals surface area contributed by atoms with E-state index in [4.69, 9.17) is 4.52 Å². The van der Waals surface area contributed by atoms with Gasteiger partial charge in [0.25, 0.3) is 5.91 Å². The summed E-state index contributed by atoms with van der Waals surface area (Å²) >= 11 is 0. The van der Waals surface area contributed by atoms with Crippen molar-refractivity contribution >= 4 is 5.91 Å².